The minimum absolute atomic E-state index is 0.0670. The number of aromatic nitrogens is 2. The van der Waals surface area contributed by atoms with Gasteiger partial charge in [-0.1, -0.05) is 29.8 Å². The van der Waals surface area contributed by atoms with Gasteiger partial charge in [0, 0.05) is 6.61 Å². The zero-order chi connectivity index (χ0) is 15.1. The van der Waals surface area contributed by atoms with Gasteiger partial charge in [0.1, 0.15) is 13.3 Å². The van der Waals surface area contributed by atoms with E-state index in [0.29, 0.717) is 13.2 Å². The van der Waals surface area contributed by atoms with Gasteiger partial charge in [-0.3, -0.25) is 0 Å². The van der Waals surface area contributed by atoms with Crippen LogP contribution in [0.15, 0.2) is 30.5 Å². The first kappa shape index (κ1) is 15.2. The van der Waals surface area contributed by atoms with Crippen LogP contribution in [0.1, 0.15) is 18.1 Å². The van der Waals surface area contributed by atoms with Crippen LogP contribution in [-0.4, -0.2) is 23.3 Å². The number of nitrogens with zero attached hydrogens (tertiary/aromatic N) is 2. The first-order valence-electron chi connectivity index (χ1n) is 6.71. The van der Waals surface area contributed by atoms with Crippen LogP contribution in [0, 0.1) is 12.7 Å². The van der Waals surface area contributed by atoms with Crippen molar-refractivity contribution in [3.05, 3.63) is 47.4 Å². The molecule has 0 atom stereocenters. The molecule has 0 saturated carbocycles. The molecule has 0 spiro atoms. The van der Waals surface area contributed by atoms with Gasteiger partial charge < -0.3 is 14.8 Å². The molecule has 6 heteroatoms. The molecular weight excluding hydrogens is 273 g/mol. The lowest BCUT2D eigenvalue weighted by Crippen LogP contribution is -2.10. The summed E-state index contributed by atoms with van der Waals surface area (Å²) < 4.78 is 24.1. The van der Waals surface area contributed by atoms with Crippen LogP contribution >= 0.6 is 0 Å². The Morgan fingerprint density at radius 3 is 2.71 bits per heavy atom. The van der Waals surface area contributed by atoms with Gasteiger partial charge in [-0.2, -0.15) is 4.98 Å². The molecule has 0 saturated heterocycles. The van der Waals surface area contributed by atoms with E-state index in [-0.39, 0.29) is 18.6 Å². The summed E-state index contributed by atoms with van der Waals surface area (Å²) in [5.74, 6) is -0.477. The van der Waals surface area contributed by atoms with Crippen LogP contribution in [-0.2, 0) is 11.3 Å². The summed E-state index contributed by atoms with van der Waals surface area (Å²) in [7, 11) is 0. The van der Waals surface area contributed by atoms with Gasteiger partial charge in [0.05, 0.1) is 6.20 Å². The number of hydrogen-bond donors (Lipinski definition) is 1. The summed E-state index contributed by atoms with van der Waals surface area (Å²) in [5, 5.41) is 2.73. The van der Waals surface area contributed by atoms with Gasteiger partial charge in [0.2, 0.25) is 0 Å². The van der Waals surface area contributed by atoms with Crippen molar-refractivity contribution in [3.8, 4) is 6.01 Å². The molecule has 1 N–H and O–H groups in total. The van der Waals surface area contributed by atoms with Gasteiger partial charge in [-0.15, -0.1) is 0 Å². The Morgan fingerprint density at radius 2 is 2.00 bits per heavy atom. The van der Waals surface area contributed by atoms with E-state index in [1.165, 1.54) is 5.56 Å². The monoisotopic (exact) mass is 291 g/mol. The molecular formula is C15H18FN3O2. The Morgan fingerprint density at radius 1 is 1.24 bits per heavy atom. The molecule has 0 radical (unpaired) electrons. The fraction of sp³-hybridized carbons (Fsp3) is 0.333. The van der Waals surface area contributed by atoms with Crippen molar-refractivity contribution < 1.29 is 13.9 Å². The Hall–Kier alpha value is -2.21. The maximum absolute atomic E-state index is 13.5. The zero-order valence-electron chi connectivity index (χ0n) is 12.1. The maximum Gasteiger partial charge on any atom is 0.318 e. The van der Waals surface area contributed by atoms with Gasteiger partial charge in [0.15, 0.2) is 11.6 Å². The highest BCUT2D eigenvalue weighted by atomic mass is 19.1. The Bertz CT molecular complexity index is 576. The predicted molar refractivity (Wildman–Crippen MR) is 77.6 cm³/mol. The van der Waals surface area contributed by atoms with Gasteiger partial charge in [-0.05, 0) is 19.4 Å². The minimum Gasteiger partial charge on any atom is -0.459 e. The summed E-state index contributed by atoms with van der Waals surface area (Å²) >= 11 is 0. The quantitative estimate of drug-likeness (QED) is 0.628. The molecule has 0 aliphatic rings. The second-order valence-electron chi connectivity index (χ2n) is 4.44. The van der Waals surface area contributed by atoms with E-state index in [2.05, 4.69) is 15.3 Å². The van der Waals surface area contributed by atoms with E-state index >= 15 is 0 Å². The number of ether oxygens (including phenoxy) is 2. The number of hydrogen-bond acceptors (Lipinski definition) is 5. The van der Waals surface area contributed by atoms with Crippen molar-refractivity contribution in [2.75, 3.05) is 18.7 Å². The Balaban J connectivity index is 1.96. The topological polar surface area (TPSA) is 56.3 Å². The lowest BCUT2D eigenvalue weighted by atomic mass is 10.2. The third-order valence-corrected chi connectivity index (χ3v) is 2.76. The van der Waals surface area contributed by atoms with E-state index in [0.717, 1.165) is 11.8 Å². The highest BCUT2D eigenvalue weighted by Gasteiger charge is 2.07. The molecule has 1 aromatic carbocycles. The lowest BCUT2D eigenvalue weighted by Gasteiger charge is -2.09. The normalized spacial score (nSPS) is 10.4. The fourth-order valence-electron chi connectivity index (χ4n) is 1.60. The molecule has 0 fully saturated rings. The summed E-state index contributed by atoms with van der Waals surface area (Å²) in [6.45, 7) is 4.92. The van der Waals surface area contributed by atoms with Crippen LogP contribution in [0.2, 0.25) is 0 Å². The number of aryl methyl sites for hydroxylation is 1. The average Bonchev–Trinajstić information content (AvgIpc) is 2.49. The highest BCUT2D eigenvalue weighted by Crippen LogP contribution is 2.14. The Kier molecular flexibility index (Phi) is 5.45. The van der Waals surface area contributed by atoms with Crippen LogP contribution < -0.4 is 10.1 Å². The number of nitrogens with one attached hydrogen (secondary N) is 1. The van der Waals surface area contributed by atoms with Crippen molar-refractivity contribution in [1.82, 2.24) is 9.97 Å². The van der Waals surface area contributed by atoms with E-state index in [4.69, 9.17) is 9.47 Å². The number of rotatable bonds is 7. The molecule has 0 amide bonds. The molecule has 5 nitrogen and oxygen atoms in total. The van der Waals surface area contributed by atoms with E-state index < -0.39 is 5.82 Å². The van der Waals surface area contributed by atoms with Crippen molar-refractivity contribution in [1.29, 1.82) is 0 Å². The lowest BCUT2D eigenvalue weighted by molar-refractivity contribution is 0.166. The maximum atomic E-state index is 13.5. The third-order valence-electron chi connectivity index (χ3n) is 2.76. The van der Waals surface area contributed by atoms with E-state index in [1.54, 1.807) is 0 Å². The van der Waals surface area contributed by atoms with Gasteiger partial charge in [-0.25, -0.2) is 9.37 Å². The number of halogens is 1. The fourth-order valence-corrected chi connectivity index (χ4v) is 1.60. The highest BCUT2D eigenvalue weighted by molar-refractivity contribution is 5.35. The predicted octanol–water partition coefficient (Wildman–Crippen LogP) is 2.91. The standard InChI is InChI=1S/C15H18FN3O2/c1-3-20-10-18-14-13(16)8-17-15(19-14)21-9-12-6-4-11(2)5-7-12/h4-8H,3,9-10H2,1-2H3,(H,17,18,19). The van der Waals surface area contributed by atoms with Crippen LogP contribution in [0.5, 0.6) is 6.01 Å². The average molecular weight is 291 g/mol. The molecule has 0 unspecified atom stereocenters. The summed E-state index contributed by atoms with van der Waals surface area (Å²) in [5.41, 5.74) is 2.18. The van der Waals surface area contributed by atoms with Gasteiger partial charge in [0.25, 0.3) is 0 Å². The molecule has 2 rings (SSSR count). The van der Waals surface area contributed by atoms with Crippen molar-refractivity contribution in [2.45, 2.75) is 20.5 Å². The van der Waals surface area contributed by atoms with Gasteiger partial charge >= 0.3 is 6.01 Å². The second kappa shape index (κ2) is 7.54. The van der Waals surface area contributed by atoms with Crippen LogP contribution in [0.4, 0.5) is 10.2 Å². The smallest absolute Gasteiger partial charge is 0.318 e. The Labute approximate surface area is 123 Å². The van der Waals surface area contributed by atoms with Crippen molar-refractivity contribution in [2.24, 2.45) is 0 Å². The first-order chi connectivity index (χ1) is 10.2. The molecule has 0 aliphatic heterocycles. The number of anilines is 1. The summed E-state index contributed by atoms with van der Waals surface area (Å²) in [6, 6.07) is 8.05. The molecule has 0 aliphatic carbocycles. The first-order valence-corrected chi connectivity index (χ1v) is 6.71. The largest absolute Gasteiger partial charge is 0.459 e. The summed E-state index contributed by atoms with van der Waals surface area (Å²) in [6.07, 6.45) is 1.08. The van der Waals surface area contributed by atoms with Crippen molar-refractivity contribution >= 4 is 5.82 Å². The number of benzene rings is 1. The molecule has 1 aromatic heterocycles. The molecule has 1 heterocycles. The van der Waals surface area contributed by atoms with Crippen molar-refractivity contribution in [3.63, 3.8) is 0 Å². The third kappa shape index (κ3) is 4.68. The summed E-state index contributed by atoms with van der Waals surface area (Å²) in [4.78, 5) is 7.79. The SMILES string of the molecule is CCOCNc1nc(OCc2ccc(C)cc2)ncc1F. The minimum atomic E-state index is -0.544. The molecule has 21 heavy (non-hydrogen) atoms. The van der Waals surface area contributed by atoms with E-state index in [9.17, 15) is 4.39 Å². The zero-order valence-corrected chi connectivity index (χ0v) is 12.1. The molecule has 112 valence electrons. The van der Waals surface area contributed by atoms with Crippen LogP contribution in [0.3, 0.4) is 0 Å². The second-order valence-corrected chi connectivity index (χ2v) is 4.44. The van der Waals surface area contributed by atoms with E-state index in [1.807, 2.05) is 38.1 Å². The molecule has 0 bridgehead atoms. The van der Waals surface area contributed by atoms with Crippen LogP contribution in [0.25, 0.3) is 0 Å². The molecule has 2 aromatic rings.